The topological polar surface area (TPSA) is 15.3 Å². The smallest absolute Gasteiger partial charge is 0.0249 e. The molecule has 0 aliphatic carbocycles. The zero-order valence-corrected chi connectivity index (χ0v) is 9.34. The molecule has 3 heteroatoms. The maximum absolute atomic E-state index is 5.49. The molecule has 0 radical (unpaired) electrons. The van der Waals surface area contributed by atoms with Crippen molar-refractivity contribution in [1.82, 2.24) is 10.2 Å². The van der Waals surface area contributed by atoms with E-state index in [9.17, 15) is 0 Å². The van der Waals surface area contributed by atoms with Gasteiger partial charge in [-0.25, -0.2) is 0 Å². The standard InChI is InChI=1S/C11H19ClN2/c12-6-3-7-13-10-5-9-14-8-2-1-4-11(10)14/h3,6,10-11,13H,1-2,4-5,7-9H2/b6-3+. The second kappa shape index (κ2) is 5.15. The first-order chi connectivity index (χ1) is 6.92. The van der Waals surface area contributed by atoms with Gasteiger partial charge in [0.25, 0.3) is 0 Å². The van der Waals surface area contributed by atoms with Gasteiger partial charge < -0.3 is 5.32 Å². The molecule has 2 aliphatic heterocycles. The molecule has 2 rings (SSSR count). The van der Waals surface area contributed by atoms with E-state index in [2.05, 4.69) is 10.2 Å². The van der Waals surface area contributed by atoms with Crippen LogP contribution >= 0.6 is 11.6 Å². The molecule has 2 aliphatic rings. The van der Waals surface area contributed by atoms with Crippen LogP contribution in [0.3, 0.4) is 0 Å². The van der Waals surface area contributed by atoms with Gasteiger partial charge in [-0.05, 0) is 25.8 Å². The first-order valence-corrected chi connectivity index (χ1v) is 6.08. The van der Waals surface area contributed by atoms with Crippen molar-refractivity contribution in [3.63, 3.8) is 0 Å². The molecule has 2 unspecified atom stereocenters. The lowest BCUT2D eigenvalue weighted by atomic mass is 9.99. The minimum absolute atomic E-state index is 0.697. The van der Waals surface area contributed by atoms with E-state index in [4.69, 9.17) is 11.6 Å². The zero-order valence-electron chi connectivity index (χ0n) is 8.58. The first-order valence-electron chi connectivity index (χ1n) is 5.64. The van der Waals surface area contributed by atoms with Crippen LogP contribution in [-0.4, -0.2) is 36.6 Å². The SMILES string of the molecule is Cl/C=C/CNC1CCN2CCCCC12. The Morgan fingerprint density at radius 2 is 2.21 bits per heavy atom. The summed E-state index contributed by atoms with van der Waals surface area (Å²) in [5, 5.41) is 3.57. The van der Waals surface area contributed by atoms with Crippen molar-refractivity contribution in [3.05, 3.63) is 11.6 Å². The minimum Gasteiger partial charge on any atom is -0.309 e. The number of hydrogen-bond donors (Lipinski definition) is 1. The van der Waals surface area contributed by atoms with Crippen LogP contribution in [0.15, 0.2) is 11.6 Å². The maximum atomic E-state index is 5.49. The van der Waals surface area contributed by atoms with Crippen LogP contribution < -0.4 is 5.32 Å². The molecule has 0 spiro atoms. The molecular formula is C11H19ClN2. The summed E-state index contributed by atoms with van der Waals surface area (Å²) in [5.41, 5.74) is 1.60. The fraction of sp³-hybridized carbons (Fsp3) is 0.818. The highest BCUT2D eigenvalue weighted by atomic mass is 35.5. The maximum Gasteiger partial charge on any atom is 0.0249 e. The highest BCUT2D eigenvalue weighted by molar-refractivity contribution is 6.25. The van der Waals surface area contributed by atoms with E-state index >= 15 is 0 Å². The van der Waals surface area contributed by atoms with Crippen LogP contribution in [0.25, 0.3) is 0 Å². The second-order valence-corrected chi connectivity index (χ2v) is 4.52. The van der Waals surface area contributed by atoms with Crippen LogP contribution in [0.4, 0.5) is 0 Å². The number of piperidine rings is 1. The molecule has 0 saturated carbocycles. The Labute approximate surface area is 91.3 Å². The summed E-state index contributed by atoms with van der Waals surface area (Å²) >= 11 is 5.49. The van der Waals surface area contributed by atoms with E-state index in [0.29, 0.717) is 6.04 Å². The van der Waals surface area contributed by atoms with Gasteiger partial charge >= 0.3 is 0 Å². The Morgan fingerprint density at radius 3 is 3.07 bits per heavy atom. The predicted molar refractivity (Wildman–Crippen MR) is 60.6 cm³/mol. The summed E-state index contributed by atoms with van der Waals surface area (Å²) in [6.45, 7) is 3.51. The van der Waals surface area contributed by atoms with Crippen LogP contribution in [0.5, 0.6) is 0 Å². The van der Waals surface area contributed by atoms with Crippen molar-refractivity contribution < 1.29 is 0 Å². The molecule has 14 heavy (non-hydrogen) atoms. The molecule has 2 saturated heterocycles. The van der Waals surface area contributed by atoms with Gasteiger partial charge in [0.1, 0.15) is 0 Å². The van der Waals surface area contributed by atoms with Crippen LogP contribution in [0, 0.1) is 0 Å². The third kappa shape index (κ3) is 2.30. The molecule has 0 bridgehead atoms. The highest BCUT2D eigenvalue weighted by Crippen LogP contribution is 2.26. The quantitative estimate of drug-likeness (QED) is 0.773. The Kier molecular flexibility index (Phi) is 3.85. The van der Waals surface area contributed by atoms with Gasteiger partial charge in [-0.3, -0.25) is 4.90 Å². The highest BCUT2D eigenvalue weighted by Gasteiger charge is 2.34. The van der Waals surface area contributed by atoms with Crippen molar-refractivity contribution >= 4 is 11.6 Å². The lowest BCUT2D eigenvalue weighted by Gasteiger charge is -2.32. The molecule has 2 fully saturated rings. The normalized spacial score (nSPS) is 33.8. The lowest BCUT2D eigenvalue weighted by Crippen LogP contribution is -2.44. The summed E-state index contributed by atoms with van der Waals surface area (Å²) in [6, 6.07) is 1.50. The van der Waals surface area contributed by atoms with Crippen molar-refractivity contribution in [2.24, 2.45) is 0 Å². The van der Waals surface area contributed by atoms with Crippen molar-refractivity contribution in [3.8, 4) is 0 Å². The molecular weight excluding hydrogens is 196 g/mol. The molecule has 1 N–H and O–H groups in total. The van der Waals surface area contributed by atoms with Gasteiger partial charge in [-0.15, -0.1) is 0 Å². The van der Waals surface area contributed by atoms with Gasteiger partial charge in [0, 0.05) is 30.7 Å². The summed E-state index contributed by atoms with van der Waals surface area (Å²) in [4.78, 5) is 2.64. The van der Waals surface area contributed by atoms with E-state index in [0.717, 1.165) is 12.6 Å². The molecule has 0 aromatic carbocycles. The van der Waals surface area contributed by atoms with Gasteiger partial charge in [0.05, 0.1) is 0 Å². The number of nitrogens with zero attached hydrogens (tertiary/aromatic N) is 1. The van der Waals surface area contributed by atoms with E-state index in [1.165, 1.54) is 38.8 Å². The second-order valence-electron chi connectivity index (χ2n) is 4.26. The minimum atomic E-state index is 0.697. The summed E-state index contributed by atoms with van der Waals surface area (Å²) in [6.07, 6.45) is 7.46. The number of fused-ring (bicyclic) bond motifs is 1. The number of rotatable bonds is 3. The fourth-order valence-electron chi connectivity index (χ4n) is 2.75. The summed E-state index contributed by atoms with van der Waals surface area (Å²) in [5.74, 6) is 0. The summed E-state index contributed by atoms with van der Waals surface area (Å²) < 4.78 is 0. The largest absolute Gasteiger partial charge is 0.309 e. The molecule has 2 heterocycles. The number of nitrogens with one attached hydrogen (secondary N) is 1. The van der Waals surface area contributed by atoms with Crippen LogP contribution in [0.1, 0.15) is 25.7 Å². The van der Waals surface area contributed by atoms with Gasteiger partial charge in [0.2, 0.25) is 0 Å². The zero-order chi connectivity index (χ0) is 9.80. The Balaban J connectivity index is 1.81. The molecule has 0 aromatic rings. The Morgan fingerprint density at radius 1 is 1.29 bits per heavy atom. The van der Waals surface area contributed by atoms with Crippen LogP contribution in [0.2, 0.25) is 0 Å². The third-order valence-corrected chi connectivity index (χ3v) is 3.62. The van der Waals surface area contributed by atoms with Crippen molar-refractivity contribution in [2.75, 3.05) is 19.6 Å². The van der Waals surface area contributed by atoms with Gasteiger partial charge in [0.15, 0.2) is 0 Å². The van der Waals surface area contributed by atoms with E-state index < -0.39 is 0 Å². The van der Waals surface area contributed by atoms with Crippen molar-refractivity contribution in [1.29, 1.82) is 0 Å². The monoisotopic (exact) mass is 214 g/mol. The number of halogens is 1. The molecule has 0 aromatic heterocycles. The lowest BCUT2D eigenvalue weighted by molar-refractivity contribution is 0.182. The Bertz CT molecular complexity index is 205. The molecule has 2 atom stereocenters. The van der Waals surface area contributed by atoms with E-state index in [-0.39, 0.29) is 0 Å². The summed E-state index contributed by atoms with van der Waals surface area (Å²) in [7, 11) is 0. The van der Waals surface area contributed by atoms with Gasteiger partial charge in [-0.2, -0.15) is 0 Å². The van der Waals surface area contributed by atoms with Crippen LogP contribution in [-0.2, 0) is 0 Å². The number of hydrogen-bond acceptors (Lipinski definition) is 2. The Hall–Kier alpha value is -0.0500. The van der Waals surface area contributed by atoms with Gasteiger partial charge in [-0.1, -0.05) is 24.1 Å². The van der Waals surface area contributed by atoms with E-state index in [1.807, 2.05) is 6.08 Å². The molecule has 0 amide bonds. The first kappa shape index (κ1) is 10.5. The third-order valence-electron chi connectivity index (χ3n) is 3.44. The molecule has 80 valence electrons. The average molecular weight is 215 g/mol. The average Bonchev–Trinajstić information content (AvgIpc) is 2.63. The predicted octanol–water partition coefficient (Wildman–Crippen LogP) is 1.96. The fourth-order valence-corrected chi connectivity index (χ4v) is 2.84. The van der Waals surface area contributed by atoms with E-state index in [1.54, 1.807) is 5.54 Å². The van der Waals surface area contributed by atoms with Crippen molar-refractivity contribution in [2.45, 2.75) is 37.8 Å². The molecule has 2 nitrogen and oxygen atoms in total.